The van der Waals surface area contributed by atoms with Gasteiger partial charge in [0, 0.05) is 12.1 Å². The van der Waals surface area contributed by atoms with Crippen LogP contribution in [0.15, 0.2) is 24.3 Å². The van der Waals surface area contributed by atoms with Crippen LogP contribution < -0.4 is 10.6 Å². The number of ether oxygens (including phenoxy) is 1. The third-order valence-electron chi connectivity index (χ3n) is 3.48. The number of rotatable bonds is 7. The lowest BCUT2D eigenvalue weighted by Gasteiger charge is -2.36. The van der Waals surface area contributed by atoms with Gasteiger partial charge in [-0.3, -0.25) is 4.79 Å². The van der Waals surface area contributed by atoms with Gasteiger partial charge in [-0.15, -0.1) is 0 Å². The van der Waals surface area contributed by atoms with Gasteiger partial charge in [-0.25, -0.2) is 4.79 Å². The Bertz CT molecular complexity index is 703. The molecular formula is C17H20F6N2O3. The molecule has 0 heterocycles. The van der Waals surface area contributed by atoms with Crippen molar-refractivity contribution in [2.45, 2.75) is 45.2 Å². The van der Waals surface area contributed by atoms with Gasteiger partial charge < -0.3 is 15.4 Å². The topological polar surface area (TPSA) is 67.4 Å². The molecule has 0 unspecified atom stereocenters. The number of para-hydroxylation sites is 1. The summed E-state index contributed by atoms with van der Waals surface area (Å²) in [5.74, 6) is -3.52. The number of carbonyl (C=O) groups is 2. The number of carbonyl (C=O) groups excluding carboxylic acids is 2. The minimum atomic E-state index is -5.51. The average Bonchev–Trinajstić information content (AvgIpc) is 2.52. The first-order chi connectivity index (χ1) is 12.7. The van der Waals surface area contributed by atoms with E-state index >= 15 is 0 Å². The number of nitrogens with one attached hydrogen (secondary N) is 2. The smallest absolute Gasteiger partial charge is 0.441 e. The molecule has 0 fully saturated rings. The lowest BCUT2D eigenvalue weighted by atomic mass is 10.0. The maximum atomic E-state index is 13.9. The summed E-state index contributed by atoms with van der Waals surface area (Å²) in [4.78, 5) is 24.2. The molecule has 0 aliphatic carbocycles. The molecule has 1 amide bonds. The molecule has 2 N–H and O–H groups in total. The Morgan fingerprint density at radius 2 is 1.64 bits per heavy atom. The number of anilines is 1. The van der Waals surface area contributed by atoms with Crippen molar-refractivity contribution in [2.75, 3.05) is 11.9 Å². The zero-order valence-electron chi connectivity index (χ0n) is 15.3. The van der Waals surface area contributed by atoms with E-state index in [1.165, 1.54) is 12.2 Å². The number of hydrogen-bond acceptors (Lipinski definition) is 4. The van der Waals surface area contributed by atoms with Crippen LogP contribution in [0.1, 0.15) is 32.8 Å². The van der Waals surface area contributed by atoms with Crippen molar-refractivity contribution >= 4 is 17.6 Å². The van der Waals surface area contributed by atoms with Gasteiger partial charge in [-0.1, -0.05) is 26.0 Å². The van der Waals surface area contributed by atoms with Crippen LogP contribution in [-0.4, -0.2) is 30.3 Å². The number of benzene rings is 1. The molecule has 1 aromatic rings. The van der Waals surface area contributed by atoms with E-state index in [0.29, 0.717) is 6.07 Å². The highest BCUT2D eigenvalue weighted by atomic mass is 19.4. The average molecular weight is 414 g/mol. The van der Waals surface area contributed by atoms with Crippen LogP contribution in [0.4, 0.5) is 32.0 Å². The van der Waals surface area contributed by atoms with Crippen molar-refractivity contribution in [1.82, 2.24) is 5.32 Å². The van der Waals surface area contributed by atoms with Gasteiger partial charge in [0.25, 0.3) is 0 Å². The summed E-state index contributed by atoms with van der Waals surface area (Å²) in [7, 11) is 0. The van der Waals surface area contributed by atoms with E-state index in [1.807, 2.05) is 0 Å². The van der Waals surface area contributed by atoms with Crippen molar-refractivity contribution in [1.29, 1.82) is 0 Å². The highest BCUT2D eigenvalue weighted by Gasteiger charge is 2.64. The standard InChI is InChI=1S/C17H20F6N2O3/c1-4-28-14(27)15(17(21,22)23,25-13(26)9-10(2)3)24-12-8-6-5-7-11(12)16(18,19)20/h5-8,10,24H,4,9H2,1-3H3,(H,25,26)/t15-/m1/s1. The third kappa shape index (κ3) is 5.52. The van der Waals surface area contributed by atoms with E-state index in [1.54, 1.807) is 19.2 Å². The summed E-state index contributed by atoms with van der Waals surface area (Å²) in [6, 6.07) is 3.30. The molecule has 0 radical (unpaired) electrons. The zero-order chi connectivity index (χ0) is 21.8. The molecule has 0 saturated carbocycles. The van der Waals surface area contributed by atoms with E-state index in [9.17, 15) is 35.9 Å². The van der Waals surface area contributed by atoms with Crippen molar-refractivity contribution in [3.63, 3.8) is 0 Å². The third-order valence-corrected chi connectivity index (χ3v) is 3.48. The zero-order valence-corrected chi connectivity index (χ0v) is 15.3. The van der Waals surface area contributed by atoms with Crippen molar-refractivity contribution in [3.8, 4) is 0 Å². The van der Waals surface area contributed by atoms with Crippen LogP contribution in [0, 0.1) is 5.92 Å². The quantitative estimate of drug-likeness (QED) is 0.401. The van der Waals surface area contributed by atoms with Gasteiger partial charge in [0.2, 0.25) is 5.91 Å². The van der Waals surface area contributed by atoms with Gasteiger partial charge in [-0.05, 0) is 25.0 Å². The van der Waals surface area contributed by atoms with E-state index in [4.69, 9.17) is 0 Å². The number of esters is 1. The molecule has 1 rings (SSSR count). The SMILES string of the molecule is CCOC(=O)[C@](NC(=O)CC(C)C)(Nc1ccccc1C(F)(F)F)C(F)(F)F. The highest BCUT2D eigenvalue weighted by molar-refractivity contribution is 5.91. The largest absolute Gasteiger partial charge is 0.463 e. The van der Waals surface area contributed by atoms with Gasteiger partial charge in [0.1, 0.15) is 0 Å². The predicted octanol–water partition coefficient (Wildman–Crippen LogP) is 4.10. The van der Waals surface area contributed by atoms with Crippen LogP contribution in [0.3, 0.4) is 0 Å². The lowest BCUT2D eigenvalue weighted by Crippen LogP contribution is -2.69. The highest BCUT2D eigenvalue weighted by Crippen LogP contribution is 2.39. The summed E-state index contributed by atoms with van der Waals surface area (Å²) >= 11 is 0. The first-order valence-electron chi connectivity index (χ1n) is 8.24. The Morgan fingerprint density at radius 3 is 2.11 bits per heavy atom. The fourth-order valence-corrected chi connectivity index (χ4v) is 2.30. The molecule has 0 saturated heterocycles. The number of amides is 1. The minimum Gasteiger partial charge on any atom is -0.463 e. The van der Waals surface area contributed by atoms with Crippen molar-refractivity contribution < 1.29 is 40.7 Å². The summed E-state index contributed by atoms with van der Waals surface area (Å²) in [6.07, 6.45) is -10.9. The molecule has 0 bridgehead atoms. The van der Waals surface area contributed by atoms with E-state index in [2.05, 4.69) is 4.74 Å². The second-order valence-electron chi connectivity index (χ2n) is 6.28. The Hall–Kier alpha value is -2.46. The molecule has 28 heavy (non-hydrogen) atoms. The second-order valence-corrected chi connectivity index (χ2v) is 6.28. The maximum absolute atomic E-state index is 13.9. The molecule has 1 atom stereocenters. The first-order valence-corrected chi connectivity index (χ1v) is 8.24. The fourth-order valence-electron chi connectivity index (χ4n) is 2.30. The normalized spacial score (nSPS) is 14.4. The van der Waals surface area contributed by atoms with Gasteiger partial charge >= 0.3 is 24.0 Å². The maximum Gasteiger partial charge on any atom is 0.441 e. The molecule has 1 aromatic carbocycles. The molecule has 158 valence electrons. The molecule has 5 nitrogen and oxygen atoms in total. The Labute approximate surface area is 157 Å². The van der Waals surface area contributed by atoms with E-state index in [0.717, 1.165) is 18.2 Å². The van der Waals surface area contributed by atoms with Gasteiger partial charge in [0.05, 0.1) is 12.2 Å². The van der Waals surface area contributed by atoms with Crippen LogP contribution >= 0.6 is 0 Å². The molecule has 0 aromatic heterocycles. The molecular weight excluding hydrogens is 394 g/mol. The lowest BCUT2D eigenvalue weighted by molar-refractivity contribution is -0.208. The van der Waals surface area contributed by atoms with Crippen LogP contribution in [0.2, 0.25) is 0 Å². The minimum absolute atomic E-state index is 0.365. The van der Waals surface area contributed by atoms with Gasteiger partial charge in [-0.2, -0.15) is 26.3 Å². The molecule has 0 spiro atoms. The predicted molar refractivity (Wildman–Crippen MR) is 88.1 cm³/mol. The summed E-state index contributed by atoms with van der Waals surface area (Å²) in [5, 5.41) is 3.04. The number of alkyl halides is 6. The Balaban J connectivity index is 3.54. The van der Waals surface area contributed by atoms with Gasteiger partial charge in [0.15, 0.2) is 0 Å². The summed E-state index contributed by atoms with van der Waals surface area (Å²) < 4.78 is 85.7. The fraction of sp³-hybridized carbons (Fsp3) is 0.529. The van der Waals surface area contributed by atoms with E-state index < -0.39 is 47.7 Å². The Kier molecular flexibility index (Phi) is 7.32. The van der Waals surface area contributed by atoms with Crippen LogP contribution in [-0.2, 0) is 20.5 Å². The molecule has 11 heteroatoms. The Morgan fingerprint density at radius 1 is 1.07 bits per heavy atom. The first kappa shape index (κ1) is 23.6. The van der Waals surface area contributed by atoms with Crippen molar-refractivity contribution in [3.05, 3.63) is 29.8 Å². The summed E-state index contributed by atoms with van der Waals surface area (Å²) in [6.45, 7) is 3.83. The summed E-state index contributed by atoms with van der Waals surface area (Å²) in [5.41, 5.74) is -6.37. The monoisotopic (exact) mass is 414 g/mol. The molecule has 0 aliphatic heterocycles. The van der Waals surface area contributed by atoms with E-state index in [-0.39, 0.29) is 12.3 Å². The second kappa shape index (κ2) is 8.70. The number of halogens is 6. The molecule has 0 aliphatic rings. The number of hydrogen-bond donors (Lipinski definition) is 2. The van der Waals surface area contributed by atoms with Crippen LogP contribution in [0.5, 0.6) is 0 Å². The van der Waals surface area contributed by atoms with Crippen molar-refractivity contribution in [2.24, 2.45) is 5.92 Å². The van der Waals surface area contributed by atoms with Crippen LogP contribution in [0.25, 0.3) is 0 Å².